The van der Waals surface area contributed by atoms with Crippen molar-refractivity contribution in [1.82, 2.24) is 0 Å². The van der Waals surface area contributed by atoms with Gasteiger partial charge in [-0.05, 0) is 37.3 Å². The summed E-state index contributed by atoms with van der Waals surface area (Å²) < 4.78 is 13.8. The van der Waals surface area contributed by atoms with E-state index in [0.29, 0.717) is 12.1 Å². The summed E-state index contributed by atoms with van der Waals surface area (Å²) in [4.78, 5) is 12.8. The third-order valence-electron chi connectivity index (χ3n) is 3.17. The summed E-state index contributed by atoms with van der Waals surface area (Å²) in [6, 6.07) is 11.7. The second-order valence-corrected chi connectivity index (χ2v) is 4.80. The summed E-state index contributed by atoms with van der Waals surface area (Å²) in [6.45, 7) is 2.32. The van der Waals surface area contributed by atoms with Crippen LogP contribution in [0.1, 0.15) is 21.5 Å². The van der Waals surface area contributed by atoms with Crippen molar-refractivity contribution in [2.45, 2.75) is 13.5 Å². The van der Waals surface area contributed by atoms with Crippen molar-refractivity contribution >= 4 is 11.7 Å². The minimum absolute atomic E-state index is 0.0960. The molecule has 20 heavy (non-hydrogen) atoms. The molecule has 0 aliphatic rings. The van der Waals surface area contributed by atoms with Crippen molar-refractivity contribution in [3.8, 4) is 0 Å². The quantitative estimate of drug-likeness (QED) is 0.927. The number of anilines is 1. The third kappa shape index (κ3) is 3.15. The maximum atomic E-state index is 13.8. The Morgan fingerprint density at radius 1 is 1.20 bits per heavy atom. The van der Waals surface area contributed by atoms with E-state index in [-0.39, 0.29) is 5.56 Å². The lowest BCUT2D eigenvalue weighted by Gasteiger charge is -2.20. The van der Waals surface area contributed by atoms with E-state index in [9.17, 15) is 9.18 Å². The number of carboxylic acids is 1. The molecule has 2 rings (SSSR count). The first kappa shape index (κ1) is 14.1. The van der Waals surface area contributed by atoms with E-state index in [2.05, 4.69) is 0 Å². The Kier molecular flexibility index (Phi) is 4.03. The number of carbonyl (C=O) groups is 1. The van der Waals surface area contributed by atoms with E-state index in [4.69, 9.17) is 5.11 Å². The highest BCUT2D eigenvalue weighted by Gasteiger charge is 2.10. The number of hydrogen-bond donors (Lipinski definition) is 1. The zero-order chi connectivity index (χ0) is 14.7. The Labute approximate surface area is 117 Å². The van der Waals surface area contributed by atoms with E-state index in [1.807, 2.05) is 43.1 Å². The highest BCUT2D eigenvalue weighted by molar-refractivity contribution is 5.87. The number of aryl methyl sites for hydroxylation is 1. The lowest BCUT2D eigenvalue weighted by Crippen LogP contribution is -2.17. The van der Waals surface area contributed by atoms with Crippen LogP contribution < -0.4 is 4.90 Å². The van der Waals surface area contributed by atoms with Gasteiger partial charge in [0.25, 0.3) is 0 Å². The van der Waals surface area contributed by atoms with Gasteiger partial charge in [0.05, 0.1) is 5.56 Å². The Morgan fingerprint density at radius 2 is 1.85 bits per heavy atom. The summed E-state index contributed by atoms with van der Waals surface area (Å²) in [7, 11) is 1.84. The topological polar surface area (TPSA) is 40.5 Å². The van der Waals surface area contributed by atoms with Gasteiger partial charge in [0.1, 0.15) is 5.82 Å². The smallest absolute Gasteiger partial charge is 0.335 e. The zero-order valence-electron chi connectivity index (χ0n) is 11.4. The van der Waals surface area contributed by atoms with Crippen molar-refractivity contribution < 1.29 is 14.3 Å². The number of nitrogens with zero attached hydrogens (tertiary/aromatic N) is 1. The molecule has 0 saturated heterocycles. The average Bonchev–Trinajstić information content (AvgIpc) is 2.41. The van der Waals surface area contributed by atoms with Crippen molar-refractivity contribution in [1.29, 1.82) is 0 Å². The normalized spacial score (nSPS) is 10.3. The minimum Gasteiger partial charge on any atom is -0.478 e. The number of aromatic carboxylic acids is 1. The molecule has 4 heteroatoms. The molecule has 0 heterocycles. The number of hydrogen-bond acceptors (Lipinski definition) is 2. The lowest BCUT2D eigenvalue weighted by molar-refractivity contribution is 0.0696. The largest absolute Gasteiger partial charge is 0.478 e. The van der Waals surface area contributed by atoms with Crippen LogP contribution in [0.15, 0.2) is 42.5 Å². The Hall–Kier alpha value is -2.36. The van der Waals surface area contributed by atoms with Gasteiger partial charge in [0.2, 0.25) is 0 Å². The standard InChI is InChI=1S/C16H16FNO2/c1-11-3-6-14(7-4-11)18(2)10-13-9-12(16(19)20)5-8-15(13)17/h3-9H,10H2,1-2H3,(H,19,20). The van der Waals surface area contributed by atoms with Gasteiger partial charge in [0.15, 0.2) is 0 Å². The van der Waals surface area contributed by atoms with Crippen molar-refractivity contribution in [3.63, 3.8) is 0 Å². The fourth-order valence-corrected chi connectivity index (χ4v) is 1.97. The predicted molar refractivity (Wildman–Crippen MR) is 76.6 cm³/mol. The van der Waals surface area contributed by atoms with Gasteiger partial charge >= 0.3 is 5.97 Å². The number of halogens is 1. The molecule has 2 aromatic rings. The van der Waals surface area contributed by atoms with E-state index in [1.54, 1.807) is 0 Å². The molecule has 0 spiro atoms. The molecule has 0 amide bonds. The summed E-state index contributed by atoms with van der Waals surface area (Å²) >= 11 is 0. The SMILES string of the molecule is Cc1ccc(N(C)Cc2cc(C(=O)O)ccc2F)cc1. The fraction of sp³-hybridized carbons (Fsp3) is 0.188. The maximum absolute atomic E-state index is 13.8. The summed E-state index contributed by atoms with van der Waals surface area (Å²) in [5.41, 5.74) is 2.57. The molecule has 0 fully saturated rings. The molecule has 2 aromatic carbocycles. The van der Waals surface area contributed by atoms with Gasteiger partial charge in [-0.3, -0.25) is 0 Å². The predicted octanol–water partition coefficient (Wildman–Crippen LogP) is 3.47. The molecule has 0 saturated carbocycles. The van der Waals surface area contributed by atoms with E-state index in [1.165, 1.54) is 18.2 Å². The van der Waals surface area contributed by atoms with Crippen LogP contribution in [-0.4, -0.2) is 18.1 Å². The molecule has 104 valence electrons. The van der Waals surface area contributed by atoms with Crippen molar-refractivity contribution in [2.75, 3.05) is 11.9 Å². The van der Waals surface area contributed by atoms with Crippen LogP contribution in [0.5, 0.6) is 0 Å². The van der Waals surface area contributed by atoms with Gasteiger partial charge in [-0.2, -0.15) is 0 Å². The Balaban J connectivity index is 2.22. The van der Waals surface area contributed by atoms with Crippen LogP contribution >= 0.6 is 0 Å². The van der Waals surface area contributed by atoms with E-state index >= 15 is 0 Å². The molecule has 0 radical (unpaired) electrons. The number of benzene rings is 2. The van der Waals surface area contributed by atoms with E-state index < -0.39 is 11.8 Å². The molecule has 1 N–H and O–H groups in total. The monoisotopic (exact) mass is 273 g/mol. The van der Waals surface area contributed by atoms with Crippen LogP contribution in [-0.2, 0) is 6.54 Å². The van der Waals surface area contributed by atoms with Gasteiger partial charge in [0, 0.05) is 24.8 Å². The molecule has 3 nitrogen and oxygen atoms in total. The third-order valence-corrected chi connectivity index (χ3v) is 3.17. The molecule has 0 unspecified atom stereocenters. The maximum Gasteiger partial charge on any atom is 0.335 e. The molecular formula is C16H16FNO2. The first-order valence-electron chi connectivity index (χ1n) is 6.27. The Bertz CT molecular complexity index is 623. The minimum atomic E-state index is -1.05. The van der Waals surface area contributed by atoms with Gasteiger partial charge in [-0.15, -0.1) is 0 Å². The summed E-state index contributed by atoms with van der Waals surface area (Å²) in [6.07, 6.45) is 0. The van der Waals surface area contributed by atoms with Gasteiger partial charge < -0.3 is 10.0 Å². The first-order chi connectivity index (χ1) is 9.47. The van der Waals surface area contributed by atoms with Crippen LogP contribution in [0, 0.1) is 12.7 Å². The molecule has 0 aromatic heterocycles. The summed E-state index contributed by atoms with van der Waals surface area (Å²) in [5.74, 6) is -1.45. The highest BCUT2D eigenvalue weighted by atomic mass is 19.1. The van der Waals surface area contributed by atoms with Crippen molar-refractivity contribution in [2.24, 2.45) is 0 Å². The zero-order valence-corrected chi connectivity index (χ0v) is 11.4. The fourth-order valence-electron chi connectivity index (χ4n) is 1.97. The van der Waals surface area contributed by atoms with Crippen LogP contribution in [0.4, 0.5) is 10.1 Å². The number of carboxylic acid groups (broad SMARTS) is 1. The Morgan fingerprint density at radius 3 is 2.45 bits per heavy atom. The second kappa shape index (κ2) is 5.74. The van der Waals surface area contributed by atoms with Gasteiger partial charge in [-0.25, -0.2) is 9.18 Å². The van der Waals surface area contributed by atoms with Crippen LogP contribution in [0.3, 0.4) is 0 Å². The molecule has 0 bridgehead atoms. The van der Waals surface area contributed by atoms with Crippen molar-refractivity contribution in [3.05, 3.63) is 65.0 Å². The second-order valence-electron chi connectivity index (χ2n) is 4.80. The van der Waals surface area contributed by atoms with E-state index in [0.717, 1.165) is 11.3 Å². The molecule has 0 atom stereocenters. The van der Waals surface area contributed by atoms with Crippen LogP contribution in [0.25, 0.3) is 0 Å². The van der Waals surface area contributed by atoms with Crippen LogP contribution in [0.2, 0.25) is 0 Å². The first-order valence-corrected chi connectivity index (χ1v) is 6.27. The summed E-state index contributed by atoms with van der Waals surface area (Å²) in [5, 5.41) is 8.95. The molecule has 0 aliphatic heterocycles. The van der Waals surface area contributed by atoms with Gasteiger partial charge in [-0.1, -0.05) is 17.7 Å². The molecule has 0 aliphatic carbocycles. The number of rotatable bonds is 4. The lowest BCUT2D eigenvalue weighted by atomic mass is 10.1. The highest BCUT2D eigenvalue weighted by Crippen LogP contribution is 2.18. The molecular weight excluding hydrogens is 257 g/mol. The average molecular weight is 273 g/mol.